The predicted molar refractivity (Wildman–Crippen MR) is 111 cm³/mol. The molecule has 0 fully saturated rings. The van der Waals surface area contributed by atoms with Crippen molar-refractivity contribution in [3.8, 4) is 22.3 Å². The average molecular weight is 348 g/mol. The lowest BCUT2D eigenvalue weighted by Crippen LogP contribution is -2.24. The highest BCUT2D eigenvalue weighted by Crippen LogP contribution is 2.57. The van der Waals surface area contributed by atoms with Crippen molar-refractivity contribution in [2.75, 3.05) is 0 Å². The Morgan fingerprint density at radius 2 is 1.11 bits per heavy atom. The Balaban J connectivity index is 1.76. The molecule has 2 atom stereocenters. The molecule has 0 N–H and O–H groups in total. The SMILES string of the molecule is C[C@]12C=C[C@](C)(O1)C1=C2c2ccc(cc2)-c2ccccc2-c2cccc1c2. The summed E-state index contributed by atoms with van der Waals surface area (Å²) in [5.41, 5.74) is 9.37. The van der Waals surface area contributed by atoms with Gasteiger partial charge >= 0.3 is 0 Å². The Labute approximate surface area is 159 Å². The molecule has 2 aliphatic heterocycles. The second kappa shape index (κ2) is 4.88. The third kappa shape index (κ3) is 1.92. The van der Waals surface area contributed by atoms with E-state index in [4.69, 9.17) is 4.74 Å². The van der Waals surface area contributed by atoms with Crippen molar-refractivity contribution >= 4 is 11.1 Å². The first-order chi connectivity index (χ1) is 13.1. The first-order valence-corrected chi connectivity index (χ1v) is 9.54. The fourth-order valence-electron chi connectivity index (χ4n) is 5.10. The molecule has 0 amide bonds. The van der Waals surface area contributed by atoms with Gasteiger partial charge in [0.25, 0.3) is 0 Å². The summed E-state index contributed by atoms with van der Waals surface area (Å²) in [5, 5.41) is 0. The van der Waals surface area contributed by atoms with Crippen molar-refractivity contribution in [3.05, 3.63) is 96.1 Å². The monoisotopic (exact) mass is 348 g/mol. The minimum absolute atomic E-state index is 0.373. The molecular formula is C26H20O. The van der Waals surface area contributed by atoms with E-state index >= 15 is 0 Å². The molecule has 4 aliphatic rings. The van der Waals surface area contributed by atoms with Crippen LogP contribution in [-0.4, -0.2) is 11.2 Å². The van der Waals surface area contributed by atoms with Gasteiger partial charge in [0.15, 0.2) is 0 Å². The number of hydrogen-bond acceptors (Lipinski definition) is 1. The number of hydrogen-bond donors (Lipinski definition) is 0. The second-order valence-electron chi connectivity index (χ2n) is 8.10. The van der Waals surface area contributed by atoms with Gasteiger partial charge in [-0.1, -0.05) is 66.7 Å². The van der Waals surface area contributed by atoms with Crippen LogP contribution in [0, 0.1) is 0 Å². The van der Waals surface area contributed by atoms with Gasteiger partial charge in [-0.2, -0.15) is 0 Å². The maximum absolute atomic E-state index is 6.55. The average Bonchev–Trinajstić information content (AvgIpc) is 3.13. The van der Waals surface area contributed by atoms with Gasteiger partial charge in [-0.25, -0.2) is 0 Å². The molecule has 0 radical (unpaired) electrons. The molecule has 0 saturated carbocycles. The highest BCUT2D eigenvalue weighted by atomic mass is 16.5. The molecule has 27 heavy (non-hydrogen) atoms. The van der Waals surface area contributed by atoms with Crippen molar-refractivity contribution in [3.63, 3.8) is 0 Å². The van der Waals surface area contributed by atoms with E-state index in [1.54, 1.807) is 0 Å². The number of benzene rings is 3. The molecule has 0 spiro atoms. The predicted octanol–water partition coefficient (Wildman–Crippen LogP) is 6.36. The standard InChI is InChI=1S/C26H20O/c1-25-14-15-26(2,27-25)24-20-7-5-6-19(16-20)22-9-4-3-8-21(22)17-10-12-18(13-11-17)23(24)25/h3-16H,1-2H3/t25-,26+/m1/s1. The number of ether oxygens (including phenoxy) is 1. The molecule has 3 aromatic rings. The van der Waals surface area contributed by atoms with Gasteiger partial charge in [0.05, 0.1) is 0 Å². The van der Waals surface area contributed by atoms with E-state index in [1.807, 2.05) is 0 Å². The maximum atomic E-state index is 6.55. The Bertz CT molecular complexity index is 1160. The molecule has 3 aromatic carbocycles. The molecular weight excluding hydrogens is 328 g/mol. The molecule has 7 rings (SSSR count). The fourth-order valence-corrected chi connectivity index (χ4v) is 5.10. The number of fused-ring (bicyclic) bond motifs is 4. The van der Waals surface area contributed by atoms with E-state index in [0.717, 1.165) is 0 Å². The topological polar surface area (TPSA) is 9.23 Å². The van der Waals surface area contributed by atoms with Crippen LogP contribution in [0.2, 0.25) is 0 Å². The Morgan fingerprint density at radius 1 is 0.556 bits per heavy atom. The summed E-state index contributed by atoms with van der Waals surface area (Å²) in [5.74, 6) is 0. The van der Waals surface area contributed by atoms with Gasteiger partial charge in [0, 0.05) is 11.1 Å². The smallest absolute Gasteiger partial charge is 0.111 e. The first-order valence-electron chi connectivity index (χ1n) is 9.54. The van der Waals surface area contributed by atoms with Crippen LogP contribution in [0.15, 0.2) is 84.9 Å². The molecule has 0 saturated heterocycles. The first kappa shape index (κ1) is 15.2. The summed E-state index contributed by atoms with van der Waals surface area (Å²) >= 11 is 0. The quantitative estimate of drug-likeness (QED) is 0.429. The zero-order valence-corrected chi connectivity index (χ0v) is 15.5. The van der Waals surface area contributed by atoms with Gasteiger partial charge in [-0.05, 0) is 65.4 Å². The summed E-state index contributed by atoms with van der Waals surface area (Å²) in [6.45, 7) is 4.37. The largest absolute Gasteiger partial charge is 0.351 e. The third-order valence-electron chi connectivity index (χ3n) is 6.26. The minimum Gasteiger partial charge on any atom is -0.351 e. The fraction of sp³-hybridized carbons (Fsp3) is 0.154. The van der Waals surface area contributed by atoms with Crippen LogP contribution in [0.4, 0.5) is 0 Å². The van der Waals surface area contributed by atoms with Crippen molar-refractivity contribution in [2.45, 2.75) is 25.0 Å². The van der Waals surface area contributed by atoms with E-state index < -0.39 is 0 Å². The van der Waals surface area contributed by atoms with E-state index in [1.165, 1.54) is 44.5 Å². The lowest BCUT2D eigenvalue weighted by Gasteiger charge is -2.23. The van der Waals surface area contributed by atoms with Gasteiger partial charge in [-0.3, -0.25) is 0 Å². The molecule has 2 heterocycles. The van der Waals surface area contributed by atoms with E-state index in [-0.39, 0.29) is 11.2 Å². The van der Waals surface area contributed by atoms with Gasteiger partial charge < -0.3 is 4.74 Å². The highest BCUT2D eigenvalue weighted by molar-refractivity contribution is 6.04. The Hall–Kier alpha value is -2.90. The van der Waals surface area contributed by atoms with Crippen molar-refractivity contribution in [1.29, 1.82) is 0 Å². The van der Waals surface area contributed by atoms with Crippen LogP contribution in [0.25, 0.3) is 33.4 Å². The molecule has 1 heteroatoms. The summed E-state index contributed by atoms with van der Waals surface area (Å²) < 4.78 is 6.55. The van der Waals surface area contributed by atoms with E-state index in [2.05, 4.69) is 98.8 Å². The maximum Gasteiger partial charge on any atom is 0.111 e. The van der Waals surface area contributed by atoms with Crippen molar-refractivity contribution < 1.29 is 4.74 Å². The van der Waals surface area contributed by atoms with E-state index in [9.17, 15) is 0 Å². The molecule has 0 unspecified atom stereocenters. The summed E-state index contributed by atoms with van der Waals surface area (Å²) in [6.07, 6.45) is 4.44. The van der Waals surface area contributed by atoms with Crippen LogP contribution < -0.4 is 0 Å². The molecule has 0 aromatic heterocycles. The molecule has 1 nitrogen and oxygen atoms in total. The summed E-state index contributed by atoms with van der Waals surface area (Å²) in [7, 11) is 0. The lowest BCUT2D eigenvalue weighted by molar-refractivity contribution is 0.0138. The molecule has 2 aliphatic carbocycles. The van der Waals surface area contributed by atoms with Crippen LogP contribution >= 0.6 is 0 Å². The van der Waals surface area contributed by atoms with Crippen LogP contribution in [0.5, 0.6) is 0 Å². The zero-order valence-electron chi connectivity index (χ0n) is 15.5. The van der Waals surface area contributed by atoms with Crippen LogP contribution in [0.3, 0.4) is 0 Å². The Morgan fingerprint density at radius 3 is 1.81 bits per heavy atom. The van der Waals surface area contributed by atoms with Crippen LogP contribution in [0.1, 0.15) is 25.0 Å². The summed E-state index contributed by atoms with van der Waals surface area (Å²) in [6, 6.07) is 26.6. The summed E-state index contributed by atoms with van der Waals surface area (Å²) in [4.78, 5) is 0. The van der Waals surface area contributed by atoms with Crippen LogP contribution in [-0.2, 0) is 4.74 Å². The minimum atomic E-state index is -0.380. The second-order valence-corrected chi connectivity index (χ2v) is 8.10. The molecule has 6 bridgehead atoms. The number of rotatable bonds is 0. The molecule has 130 valence electrons. The lowest BCUT2D eigenvalue weighted by atomic mass is 9.77. The van der Waals surface area contributed by atoms with Gasteiger partial charge in [0.2, 0.25) is 0 Å². The van der Waals surface area contributed by atoms with Crippen molar-refractivity contribution in [1.82, 2.24) is 0 Å². The Kier molecular flexibility index (Phi) is 2.74. The third-order valence-corrected chi connectivity index (χ3v) is 6.26. The van der Waals surface area contributed by atoms with Crippen molar-refractivity contribution in [2.24, 2.45) is 0 Å². The van der Waals surface area contributed by atoms with E-state index in [0.29, 0.717) is 0 Å². The highest BCUT2D eigenvalue weighted by Gasteiger charge is 2.53. The zero-order chi connectivity index (χ0) is 18.2. The normalized spacial score (nSPS) is 26.7. The van der Waals surface area contributed by atoms with Gasteiger partial charge in [-0.15, -0.1) is 0 Å². The van der Waals surface area contributed by atoms with Gasteiger partial charge in [0.1, 0.15) is 11.2 Å².